The predicted octanol–water partition coefficient (Wildman–Crippen LogP) is 3.38. The fourth-order valence-electron chi connectivity index (χ4n) is 3.97. The minimum absolute atomic E-state index is 0.0206. The molecule has 1 saturated carbocycles. The summed E-state index contributed by atoms with van der Waals surface area (Å²) in [6.45, 7) is 5.06. The lowest BCUT2D eigenvalue weighted by Gasteiger charge is -2.40. The maximum Gasteiger partial charge on any atom is 0.323 e. The number of hydrogen-bond donors (Lipinski definition) is 0. The number of benzene rings is 1. The smallest absolute Gasteiger partial charge is 0.323 e. The van der Waals surface area contributed by atoms with E-state index in [0.29, 0.717) is 12.0 Å². The number of esters is 2. The van der Waals surface area contributed by atoms with Crippen molar-refractivity contribution in [3.8, 4) is 0 Å². The van der Waals surface area contributed by atoms with Gasteiger partial charge in [-0.15, -0.1) is 0 Å². The fraction of sp³-hybridized carbons (Fsp3) is 0.545. The maximum atomic E-state index is 12.7. The maximum absolute atomic E-state index is 12.7. The van der Waals surface area contributed by atoms with Crippen LogP contribution < -0.4 is 0 Å². The number of carbonyl (C=O) groups is 4. The van der Waals surface area contributed by atoms with Crippen LogP contribution in [-0.2, 0) is 23.9 Å². The molecule has 1 aromatic rings. The summed E-state index contributed by atoms with van der Waals surface area (Å²) < 4.78 is 10.3. The molecule has 2 unspecified atom stereocenters. The third kappa shape index (κ3) is 4.66. The first kappa shape index (κ1) is 21.8. The topological polar surface area (TPSA) is 86.7 Å². The van der Waals surface area contributed by atoms with E-state index in [2.05, 4.69) is 0 Å². The molecule has 2 rings (SSSR count). The zero-order chi connectivity index (χ0) is 20.7. The molecule has 0 N–H and O–H groups in total. The fourth-order valence-corrected chi connectivity index (χ4v) is 3.97. The van der Waals surface area contributed by atoms with Crippen molar-refractivity contribution in [3.63, 3.8) is 0 Å². The van der Waals surface area contributed by atoms with Gasteiger partial charge in [-0.2, -0.15) is 0 Å². The molecule has 1 aromatic carbocycles. The molecule has 0 spiro atoms. The van der Waals surface area contributed by atoms with Gasteiger partial charge in [0.1, 0.15) is 5.78 Å². The first-order chi connectivity index (χ1) is 13.4. The number of ketones is 2. The zero-order valence-corrected chi connectivity index (χ0v) is 16.7. The Balaban J connectivity index is 2.25. The van der Waals surface area contributed by atoms with Crippen molar-refractivity contribution in [2.45, 2.75) is 46.5 Å². The van der Waals surface area contributed by atoms with Gasteiger partial charge in [-0.05, 0) is 46.0 Å². The van der Waals surface area contributed by atoms with E-state index in [1.807, 2.05) is 6.07 Å². The van der Waals surface area contributed by atoms with Gasteiger partial charge in [0.2, 0.25) is 0 Å². The second-order valence-electron chi connectivity index (χ2n) is 7.24. The van der Waals surface area contributed by atoms with Crippen molar-refractivity contribution in [2.24, 2.45) is 17.3 Å². The van der Waals surface area contributed by atoms with Crippen molar-refractivity contribution in [2.75, 3.05) is 13.2 Å². The first-order valence-corrected chi connectivity index (χ1v) is 9.78. The number of hydrogen-bond acceptors (Lipinski definition) is 6. The third-order valence-electron chi connectivity index (χ3n) is 5.48. The van der Waals surface area contributed by atoms with Crippen LogP contribution in [0.2, 0.25) is 0 Å². The lowest BCUT2D eigenvalue weighted by atomic mass is 9.63. The van der Waals surface area contributed by atoms with Crippen molar-refractivity contribution in [3.05, 3.63) is 35.9 Å². The molecule has 0 heterocycles. The highest BCUT2D eigenvalue weighted by Gasteiger charge is 2.54. The van der Waals surface area contributed by atoms with Gasteiger partial charge in [0.25, 0.3) is 0 Å². The molecule has 1 aliphatic carbocycles. The Morgan fingerprint density at radius 3 is 2.07 bits per heavy atom. The van der Waals surface area contributed by atoms with E-state index in [1.165, 1.54) is 6.92 Å². The standard InChI is InChI=1S/C22H28O6/c1-4-27-20(25)22(21(26)28-5-2)12-11-17(18(14-22)15(3)23)13-19(24)16-9-7-6-8-10-16/h6-10,17-18H,4-5,11-14H2,1-3H3. The Hall–Kier alpha value is -2.50. The summed E-state index contributed by atoms with van der Waals surface area (Å²) in [6.07, 6.45) is 0.838. The summed E-state index contributed by atoms with van der Waals surface area (Å²) in [6, 6.07) is 8.92. The summed E-state index contributed by atoms with van der Waals surface area (Å²) in [4.78, 5) is 50.3. The second kappa shape index (κ2) is 9.62. The molecule has 1 aliphatic rings. The molecular weight excluding hydrogens is 360 g/mol. The van der Waals surface area contributed by atoms with E-state index in [0.717, 1.165) is 0 Å². The van der Waals surface area contributed by atoms with E-state index in [9.17, 15) is 19.2 Å². The molecule has 152 valence electrons. The van der Waals surface area contributed by atoms with E-state index >= 15 is 0 Å². The van der Waals surface area contributed by atoms with Crippen LogP contribution in [0.15, 0.2) is 30.3 Å². The van der Waals surface area contributed by atoms with Gasteiger partial charge in [0, 0.05) is 17.9 Å². The molecular formula is C22H28O6. The molecule has 2 atom stereocenters. The third-order valence-corrected chi connectivity index (χ3v) is 5.48. The average Bonchev–Trinajstić information content (AvgIpc) is 2.69. The van der Waals surface area contributed by atoms with Gasteiger partial charge in [-0.25, -0.2) is 0 Å². The van der Waals surface area contributed by atoms with E-state index in [4.69, 9.17) is 9.47 Å². The van der Waals surface area contributed by atoms with Gasteiger partial charge in [0.15, 0.2) is 11.2 Å². The predicted molar refractivity (Wildman–Crippen MR) is 103 cm³/mol. The van der Waals surface area contributed by atoms with Crippen LogP contribution in [0.4, 0.5) is 0 Å². The quantitative estimate of drug-likeness (QED) is 0.385. The summed E-state index contributed by atoms with van der Waals surface area (Å²) in [7, 11) is 0. The van der Waals surface area contributed by atoms with Gasteiger partial charge in [-0.1, -0.05) is 30.3 Å². The van der Waals surface area contributed by atoms with Crippen LogP contribution in [0.3, 0.4) is 0 Å². The molecule has 0 bridgehead atoms. The monoisotopic (exact) mass is 388 g/mol. The molecule has 28 heavy (non-hydrogen) atoms. The van der Waals surface area contributed by atoms with Crippen molar-refractivity contribution < 1.29 is 28.7 Å². The summed E-state index contributed by atoms with van der Waals surface area (Å²) in [5, 5.41) is 0. The highest BCUT2D eigenvalue weighted by Crippen LogP contribution is 2.46. The normalized spacial score (nSPS) is 20.8. The van der Waals surface area contributed by atoms with Crippen molar-refractivity contribution in [1.82, 2.24) is 0 Å². The van der Waals surface area contributed by atoms with E-state index in [1.54, 1.807) is 38.1 Å². The van der Waals surface area contributed by atoms with Crippen LogP contribution >= 0.6 is 0 Å². The van der Waals surface area contributed by atoms with Gasteiger partial charge in [-0.3, -0.25) is 19.2 Å². The molecule has 0 aromatic heterocycles. The van der Waals surface area contributed by atoms with Crippen LogP contribution in [0, 0.1) is 17.3 Å². The Labute approximate surface area is 165 Å². The Kier molecular flexibility index (Phi) is 7.49. The largest absolute Gasteiger partial charge is 0.465 e. The first-order valence-electron chi connectivity index (χ1n) is 9.78. The number of rotatable bonds is 8. The Morgan fingerprint density at radius 1 is 1.00 bits per heavy atom. The van der Waals surface area contributed by atoms with Crippen LogP contribution in [0.1, 0.15) is 56.8 Å². The highest BCUT2D eigenvalue weighted by atomic mass is 16.6. The molecule has 0 aliphatic heterocycles. The van der Waals surface area contributed by atoms with E-state index in [-0.39, 0.29) is 50.0 Å². The summed E-state index contributed by atoms with van der Waals surface area (Å²) in [5.74, 6) is -2.27. The average molecular weight is 388 g/mol. The number of ether oxygens (including phenoxy) is 2. The van der Waals surface area contributed by atoms with Crippen LogP contribution in [-0.4, -0.2) is 36.7 Å². The molecule has 0 saturated heterocycles. The molecule has 6 nitrogen and oxygen atoms in total. The van der Waals surface area contributed by atoms with Gasteiger partial charge < -0.3 is 9.47 Å². The molecule has 0 amide bonds. The van der Waals surface area contributed by atoms with Crippen molar-refractivity contribution in [1.29, 1.82) is 0 Å². The minimum atomic E-state index is -1.48. The molecule has 0 radical (unpaired) electrons. The van der Waals surface area contributed by atoms with Crippen LogP contribution in [0.5, 0.6) is 0 Å². The Morgan fingerprint density at radius 2 is 1.57 bits per heavy atom. The number of carbonyl (C=O) groups excluding carboxylic acids is 4. The van der Waals surface area contributed by atoms with Gasteiger partial charge in [0.05, 0.1) is 13.2 Å². The number of Topliss-reactive ketones (excluding diaryl/α,β-unsaturated/α-hetero) is 2. The molecule has 1 fully saturated rings. The lowest BCUT2D eigenvalue weighted by Crippen LogP contribution is -2.49. The Bertz CT molecular complexity index is 706. The second-order valence-corrected chi connectivity index (χ2v) is 7.24. The lowest BCUT2D eigenvalue weighted by molar-refractivity contribution is -0.177. The van der Waals surface area contributed by atoms with Gasteiger partial charge >= 0.3 is 11.9 Å². The summed E-state index contributed by atoms with van der Waals surface area (Å²) in [5.41, 5.74) is -0.883. The highest BCUT2D eigenvalue weighted by molar-refractivity contribution is 6.01. The SMILES string of the molecule is CCOC(=O)C1(C(=O)OCC)CCC(CC(=O)c2ccccc2)C(C(C)=O)C1. The molecule has 6 heteroatoms. The minimum Gasteiger partial charge on any atom is -0.465 e. The van der Waals surface area contributed by atoms with Crippen molar-refractivity contribution >= 4 is 23.5 Å². The zero-order valence-electron chi connectivity index (χ0n) is 16.7. The van der Waals surface area contributed by atoms with Crippen LogP contribution in [0.25, 0.3) is 0 Å². The van der Waals surface area contributed by atoms with E-state index < -0.39 is 23.3 Å². The summed E-state index contributed by atoms with van der Waals surface area (Å²) >= 11 is 0.